The van der Waals surface area contributed by atoms with Gasteiger partial charge in [-0.1, -0.05) is 41.6 Å². The number of benzene rings is 2. The topological polar surface area (TPSA) is 66.4 Å². The molecular formula is C17H13NO3S. The molecule has 5 heteroatoms. The van der Waals surface area contributed by atoms with E-state index in [-0.39, 0.29) is 11.5 Å². The molecule has 0 atom stereocenters. The predicted octanol–water partition coefficient (Wildman–Crippen LogP) is 3.78. The van der Waals surface area contributed by atoms with Crippen molar-refractivity contribution in [3.05, 3.63) is 64.1 Å². The van der Waals surface area contributed by atoms with Crippen molar-refractivity contribution >= 4 is 35.4 Å². The Morgan fingerprint density at radius 2 is 1.91 bits per heavy atom. The van der Waals surface area contributed by atoms with E-state index < -0.39 is 5.97 Å². The SMILES string of the molecule is Cc1ccc(/C=C2/Sc3ccc(C(=O)O)cc3NC2=O)cc1. The normalized spacial score (nSPS) is 15.3. The van der Waals surface area contributed by atoms with E-state index >= 15 is 0 Å². The van der Waals surface area contributed by atoms with Gasteiger partial charge < -0.3 is 10.4 Å². The summed E-state index contributed by atoms with van der Waals surface area (Å²) < 4.78 is 0. The van der Waals surface area contributed by atoms with Crippen LogP contribution in [0.25, 0.3) is 6.08 Å². The van der Waals surface area contributed by atoms with Crippen molar-refractivity contribution in [2.24, 2.45) is 0 Å². The Balaban J connectivity index is 1.93. The number of thioether (sulfide) groups is 1. The van der Waals surface area contributed by atoms with Crippen LogP contribution < -0.4 is 5.32 Å². The Morgan fingerprint density at radius 3 is 2.59 bits per heavy atom. The van der Waals surface area contributed by atoms with Gasteiger partial charge >= 0.3 is 5.97 Å². The van der Waals surface area contributed by atoms with Gasteiger partial charge in [0.25, 0.3) is 5.91 Å². The van der Waals surface area contributed by atoms with E-state index in [1.165, 1.54) is 23.9 Å². The number of nitrogens with one attached hydrogen (secondary N) is 1. The quantitative estimate of drug-likeness (QED) is 0.828. The molecule has 0 spiro atoms. The number of carboxylic acid groups (broad SMARTS) is 1. The van der Waals surface area contributed by atoms with Crippen LogP contribution in [-0.2, 0) is 4.79 Å². The van der Waals surface area contributed by atoms with Gasteiger partial charge in [0.2, 0.25) is 0 Å². The van der Waals surface area contributed by atoms with Gasteiger partial charge in [0, 0.05) is 4.90 Å². The van der Waals surface area contributed by atoms with E-state index in [1.54, 1.807) is 6.07 Å². The molecule has 0 fully saturated rings. The molecule has 0 saturated heterocycles. The Kier molecular flexibility index (Phi) is 3.73. The first-order chi connectivity index (χ1) is 10.5. The molecule has 0 aromatic heterocycles. The minimum Gasteiger partial charge on any atom is -0.478 e. The number of fused-ring (bicyclic) bond motifs is 1. The predicted molar refractivity (Wildman–Crippen MR) is 87.0 cm³/mol. The van der Waals surface area contributed by atoms with Crippen LogP contribution in [-0.4, -0.2) is 17.0 Å². The summed E-state index contributed by atoms with van der Waals surface area (Å²) in [6, 6.07) is 12.6. The maximum absolute atomic E-state index is 12.2. The van der Waals surface area contributed by atoms with E-state index in [0.29, 0.717) is 10.6 Å². The third-order valence-electron chi connectivity index (χ3n) is 3.29. The van der Waals surface area contributed by atoms with Gasteiger partial charge in [-0.05, 0) is 36.8 Å². The van der Waals surface area contributed by atoms with Crippen LogP contribution in [0.5, 0.6) is 0 Å². The summed E-state index contributed by atoms with van der Waals surface area (Å²) in [5, 5.41) is 11.7. The number of anilines is 1. The standard InChI is InChI=1S/C17H13NO3S/c1-10-2-4-11(5-3-10)8-15-16(19)18-13-9-12(17(20)21)6-7-14(13)22-15/h2-9H,1H3,(H,18,19)(H,20,21)/b15-8+. The minimum atomic E-state index is -1.01. The first kappa shape index (κ1) is 14.4. The lowest BCUT2D eigenvalue weighted by atomic mass is 10.1. The van der Waals surface area contributed by atoms with Gasteiger partial charge in [-0.25, -0.2) is 4.79 Å². The summed E-state index contributed by atoms with van der Waals surface area (Å²) in [4.78, 5) is 24.6. The molecule has 0 unspecified atom stereocenters. The van der Waals surface area contributed by atoms with E-state index in [9.17, 15) is 9.59 Å². The van der Waals surface area contributed by atoms with Gasteiger partial charge in [-0.2, -0.15) is 0 Å². The van der Waals surface area contributed by atoms with Crippen molar-refractivity contribution < 1.29 is 14.7 Å². The second-order valence-corrected chi connectivity index (χ2v) is 6.08. The lowest BCUT2D eigenvalue weighted by Crippen LogP contribution is -2.17. The van der Waals surface area contributed by atoms with Crippen LogP contribution in [0, 0.1) is 6.92 Å². The molecule has 1 heterocycles. The number of carbonyl (C=O) groups is 2. The van der Waals surface area contributed by atoms with E-state index in [1.807, 2.05) is 37.3 Å². The van der Waals surface area contributed by atoms with Gasteiger partial charge in [-0.15, -0.1) is 0 Å². The first-order valence-electron chi connectivity index (χ1n) is 6.68. The van der Waals surface area contributed by atoms with Crippen LogP contribution in [0.15, 0.2) is 52.3 Å². The highest BCUT2D eigenvalue weighted by Crippen LogP contribution is 2.39. The molecule has 2 aromatic carbocycles. The zero-order valence-corrected chi connectivity index (χ0v) is 12.6. The highest BCUT2D eigenvalue weighted by molar-refractivity contribution is 8.04. The van der Waals surface area contributed by atoms with Crippen LogP contribution >= 0.6 is 11.8 Å². The summed E-state index contributed by atoms with van der Waals surface area (Å²) in [6.45, 7) is 2.01. The summed E-state index contributed by atoms with van der Waals surface area (Å²) in [7, 11) is 0. The molecule has 1 amide bonds. The van der Waals surface area contributed by atoms with E-state index in [4.69, 9.17) is 5.11 Å². The zero-order valence-electron chi connectivity index (χ0n) is 11.8. The molecule has 0 radical (unpaired) electrons. The summed E-state index contributed by atoms with van der Waals surface area (Å²) >= 11 is 1.34. The lowest BCUT2D eigenvalue weighted by molar-refractivity contribution is -0.112. The molecule has 1 aliphatic rings. The van der Waals surface area contributed by atoms with Crippen molar-refractivity contribution in [2.45, 2.75) is 11.8 Å². The molecule has 1 aliphatic heterocycles. The first-order valence-corrected chi connectivity index (χ1v) is 7.49. The second-order valence-electron chi connectivity index (χ2n) is 4.99. The fraction of sp³-hybridized carbons (Fsp3) is 0.0588. The third-order valence-corrected chi connectivity index (χ3v) is 4.39. The van der Waals surface area contributed by atoms with Crippen molar-refractivity contribution in [2.75, 3.05) is 5.32 Å². The fourth-order valence-corrected chi connectivity index (χ4v) is 3.04. The van der Waals surface area contributed by atoms with Crippen LogP contribution in [0.4, 0.5) is 5.69 Å². The van der Waals surface area contributed by atoms with Crippen LogP contribution in [0.2, 0.25) is 0 Å². The zero-order chi connectivity index (χ0) is 15.7. The summed E-state index contributed by atoms with van der Waals surface area (Å²) in [5.74, 6) is -1.23. The number of aromatic carboxylic acids is 1. The number of amides is 1. The van der Waals surface area contributed by atoms with Gasteiger partial charge in [0.1, 0.15) is 0 Å². The average Bonchev–Trinajstić information content (AvgIpc) is 2.49. The number of hydrogen-bond donors (Lipinski definition) is 2. The van der Waals surface area contributed by atoms with E-state index in [2.05, 4.69) is 5.32 Å². The maximum atomic E-state index is 12.2. The molecule has 2 aromatic rings. The molecule has 110 valence electrons. The molecule has 3 rings (SSSR count). The summed E-state index contributed by atoms with van der Waals surface area (Å²) in [6.07, 6.45) is 1.83. The molecular weight excluding hydrogens is 298 g/mol. The smallest absolute Gasteiger partial charge is 0.335 e. The molecule has 4 nitrogen and oxygen atoms in total. The number of rotatable bonds is 2. The van der Waals surface area contributed by atoms with Crippen molar-refractivity contribution in [3.8, 4) is 0 Å². The highest BCUT2D eigenvalue weighted by Gasteiger charge is 2.22. The number of carboxylic acids is 1. The van der Waals surface area contributed by atoms with Crippen molar-refractivity contribution in [3.63, 3.8) is 0 Å². The Labute approximate surface area is 131 Å². The molecule has 0 bridgehead atoms. The van der Waals surface area contributed by atoms with Crippen LogP contribution in [0.1, 0.15) is 21.5 Å². The number of carbonyl (C=O) groups excluding carboxylic acids is 1. The Bertz CT molecular complexity index is 794. The Morgan fingerprint density at radius 1 is 1.18 bits per heavy atom. The van der Waals surface area contributed by atoms with Crippen molar-refractivity contribution in [1.29, 1.82) is 0 Å². The average molecular weight is 311 g/mol. The van der Waals surface area contributed by atoms with Gasteiger partial charge in [0.05, 0.1) is 16.2 Å². The second kappa shape index (κ2) is 5.69. The highest BCUT2D eigenvalue weighted by atomic mass is 32.2. The fourth-order valence-electron chi connectivity index (χ4n) is 2.11. The monoisotopic (exact) mass is 311 g/mol. The molecule has 0 saturated carbocycles. The van der Waals surface area contributed by atoms with Gasteiger partial charge in [0.15, 0.2) is 0 Å². The van der Waals surface area contributed by atoms with E-state index in [0.717, 1.165) is 16.0 Å². The minimum absolute atomic E-state index is 0.158. The summed E-state index contributed by atoms with van der Waals surface area (Å²) in [5.41, 5.74) is 2.81. The third kappa shape index (κ3) is 2.89. The van der Waals surface area contributed by atoms with Gasteiger partial charge in [-0.3, -0.25) is 4.79 Å². The number of aryl methyl sites for hydroxylation is 1. The van der Waals surface area contributed by atoms with Crippen LogP contribution in [0.3, 0.4) is 0 Å². The lowest BCUT2D eigenvalue weighted by Gasteiger charge is -2.19. The maximum Gasteiger partial charge on any atom is 0.335 e. The molecule has 0 aliphatic carbocycles. The number of hydrogen-bond acceptors (Lipinski definition) is 3. The Hall–Kier alpha value is -2.53. The molecule has 22 heavy (non-hydrogen) atoms. The van der Waals surface area contributed by atoms with Crippen molar-refractivity contribution in [1.82, 2.24) is 0 Å². The largest absolute Gasteiger partial charge is 0.478 e. The molecule has 2 N–H and O–H groups in total.